The molecular weight excluding hydrogens is 520 g/mol. The van der Waals surface area contributed by atoms with Crippen LogP contribution in [0.1, 0.15) is 24.7 Å². The van der Waals surface area contributed by atoms with E-state index in [0.29, 0.717) is 27.5 Å². The first-order valence-electron chi connectivity index (χ1n) is 22.3. The van der Waals surface area contributed by atoms with E-state index in [4.69, 9.17) is 27.7 Å². The standard InChI is InChI=1S/C42H26O/c1-2-13-30-27(11-1)12-9-20-32(30)41-35-16-5-3-14-33(35)40(34-15-4-6-17-36(34)41)29-25-23-28(24-26-29)31-19-10-22-39-42(31)37-18-7-8-21-38(37)43-39/h1-26H/i1D,2D,3D,4D,5D,6D,7D,8D,9D,10D,11D,12D,13D,18D,19D,20D,21D,22D. The zero-order valence-corrected chi connectivity index (χ0v) is 22.0. The Hall–Kier alpha value is -5.66. The average Bonchev–Trinajstić information content (AvgIpc) is 3.63. The molecule has 0 atom stereocenters. The van der Waals surface area contributed by atoms with Gasteiger partial charge in [-0.2, -0.15) is 0 Å². The van der Waals surface area contributed by atoms with Gasteiger partial charge >= 0.3 is 0 Å². The SMILES string of the molecule is [2H]c1cc2c(-c3ccc(-c4c([2H])c([2H])c([2H])c5oc6c([2H])c([2H])c([2H])c([2H])c6c45)cc3)c3cc([2H])c([2H])cc3c(-c3c([2H])c([2H])c([2H])c4c([2H])c([2H])c([2H])c([2H])c34)c2cc1[2H]. The summed E-state index contributed by atoms with van der Waals surface area (Å²) in [4.78, 5) is 0. The molecule has 8 aromatic carbocycles. The summed E-state index contributed by atoms with van der Waals surface area (Å²) in [6.45, 7) is 0. The lowest BCUT2D eigenvalue weighted by Gasteiger charge is -2.19. The van der Waals surface area contributed by atoms with E-state index < -0.39 is 84.6 Å². The summed E-state index contributed by atoms with van der Waals surface area (Å²) in [7, 11) is 0. The van der Waals surface area contributed by atoms with E-state index in [0.717, 1.165) is 0 Å². The number of rotatable bonds is 3. The second-order valence-corrected chi connectivity index (χ2v) is 9.90. The number of para-hydroxylation sites is 1. The largest absolute Gasteiger partial charge is 0.456 e. The Morgan fingerprint density at radius 1 is 0.372 bits per heavy atom. The van der Waals surface area contributed by atoms with Crippen molar-refractivity contribution in [3.8, 4) is 33.4 Å². The summed E-state index contributed by atoms with van der Waals surface area (Å²) in [6.07, 6.45) is 0. The first-order valence-corrected chi connectivity index (χ1v) is 13.3. The lowest BCUT2D eigenvalue weighted by Crippen LogP contribution is -1.91. The minimum atomic E-state index is -0.642. The van der Waals surface area contributed by atoms with Crippen LogP contribution in [0, 0.1) is 0 Å². The van der Waals surface area contributed by atoms with Gasteiger partial charge in [0.05, 0.1) is 24.7 Å². The van der Waals surface area contributed by atoms with E-state index in [1.54, 1.807) is 24.3 Å². The summed E-state index contributed by atoms with van der Waals surface area (Å²) < 4.78 is 161. The maximum absolute atomic E-state index is 9.18. The fourth-order valence-corrected chi connectivity index (χ4v) is 5.84. The van der Waals surface area contributed by atoms with Crippen molar-refractivity contribution in [2.45, 2.75) is 0 Å². The molecule has 0 bridgehead atoms. The predicted octanol–water partition coefficient (Wildman–Crippen LogP) is 12.0. The topological polar surface area (TPSA) is 13.1 Å². The highest BCUT2D eigenvalue weighted by Gasteiger charge is 2.18. The Morgan fingerprint density at radius 2 is 0.907 bits per heavy atom. The van der Waals surface area contributed by atoms with E-state index >= 15 is 0 Å². The number of benzene rings is 8. The quantitative estimate of drug-likeness (QED) is 0.195. The molecule has 0 fully saturated rings. The highest BCUT2D eigenvalue weighted by molar-refractivity contribution is 6.23. The van der Waals surface area contributed by atoms with Gasteiger partial charge in [-0.05, 0) is 77.8 Å². The minimum Gasteiger partial charge on any atom is -0.456 e. The number of fused-ring (bicyclic) bond motifs is 6. The van der Waals surface area contributed by atoms with Gasteiger partial charge in [0.15, 0.2) is 0 Å². The van der Waals surface area contributed by atoms with Crippen LogP contribution < -0.4 is 0 Å². The monoisotopic (exact) mass is 564 g/mol. The van der Waals surface area contributed by atoms with Gasteiger partial charge in [-0.3, -0.25) is 0 Å². The van der Waals surface area contributed by atoms with Crippen molar-refractivity contribution < 1.29 is 29.1 Å². The Labute approximate surface area is 274 Å². The number of furan rings is 1. The fourth-order valence-electron chi connectivity index (χ4n) is 5.84. The Morgan fingerprint density at radius 3 is 1.65 bits per heavy atom. The smallest absolute Gasteiger partial charge is 0.136 e. The molecule has 0 saturated heterocycles. The van der Waals surface area contributed by atoms with E-state index in [9.17, 15) is 1.37 Å². The molecule has 200 valence electrons. The minimum absolute atomic E-state index is 0.0495. The fraction of sp³-hybridized carbons (Fsp3) is 0. The Balaban J connectivity index is 1.40. The lowest BCUT2D eigenvalue weighted by molar-refractivity contribution is 0.669. The van der Waals surface area contributed by atoms with Gasteiger partial charge < -0.3 is 4.42 Å². The number of hydrogen-bond acceptors (Lipinski definition) is 1. The normalized spacial score (nSPS) is 17.6. The maximum Gasteiger partial charge on any atom is 0.136 e. The van der Waals surface area contributed by atoms with Crippen molar-refractivity contribution in [3.63, 3.8) is 0 Å². The molecule has 0 saturated carbocycles. The Bertz CT molecular complexity index is 3420. The molecule has 0 spiro atoms. The van der Waals surface area contributed by atoms with Gasteiger partial charge in [-0.15, -0.1) is 0 Å². The summed E-state index contributed by atoms with van der Waals surface area (Å²) in [5.41, 5.74) is 0.736. The molecule has 0 N–H and O–H groups in total. The number of hydrogen-bond donors (Lipinski definition) is 0. The molecular formula is C42H26O. The van der Waals surface area contributed by atoms with Crippen molar-refractivity contribution in [1.29, 1.82) is 0 Å². The van der Waals surface area contributed by atoms with Gasteiger partial charge in [0.25, 0.3) is 0 Å². The van der Waals surface area contributed by atoms with E-state index in [1.807, 2.05) is 0 Å². The zero-order valence-electron chi connectivity index (χ0n) is 40.0. The van der Waals surface area contributed by atoms with Crippen LogP contribution in [0.5, 0.6) is 0 Å². The molecule has 43 heavy (non-hydrogen) atoms. The first kappa shape index (κ1) is 12.3. The summed E-state index contributed by atoms with van der Waals surface area (Å²) >= 11 is 0. The molecule has 0 unspecified atom stereocenters. The van der Waals surface area contributed by atoms with Gasteiger partial charge in [-0.1, -0.05) is 145 Å². The molecule has 1 aromatic heterocycles. The highest BCUT2D eigenvalue weighted by Crippen LogP contribution is 2.45. The van der Waals surface area contributed by atoms with Crippen molar-refractivity contribution in [2.24, 2.45) is 0 Å². The van der Waals surface area contributed by atoms with Crippen LogP contribution in [-0.4, -0.2) is 0 Å². The van der Waals surface area contributed by atoms with Crippen molar-refractivity contribution in [2.75, 3.05) is 0 Å². The third-order valence-corrected chi connectivity index (χ3v) is 7.66. The second-order valence-electron chi connectivity index (χ2n) is 9.90. The van der Waals surface area contributed by atoms with Crippen LogP contribution in [0.15, 0.2) is 162 Å². The zero-order chi connectivity index (χ0) is 44.0. The van der Waals surface area contributed by atoms with E-state index in [-0.39, 0.29) is 84.3 Å². The molecule has 0 aliphatic carbocycles. The summed E-state index contributed by atoms with van der Waals surface area (Å²) in [5.74, 6) is 0. The first-order chi connectivity index (χ1) is 28.8. The highest BCUT2D eigenvalue weighted by atomic mass is 16.3. The average molecular weight is 565 g/mol. The maximum atomic E-state index is 9.18. The van der Waals surface area contributed by atoms with Crippen molar-refractivity contribution in [3.05, 3.63) is 157 Å². The summed E-state index contributed by atoms with van der Waals surface area (Å²) in [5, 5.41) is 0.498. The van der Waals surface area contributed by atoms with Gasteiger partial charge in [0, 0.05) is 10.8 Å². The van der Waals surface area contributed by atoms with Crippen molar-refractivity contribution >= 4 is 54.3 Å². The molecule has 0 aliphatic rings. The van der Waals surface area contributed by atoms with Crippen LogP contribution in [0.2, 0.25) is 0 Å². The molecule has 1 nitrogen and oxygen atoms in total. The van der Waals surface area contributed by atoms with Gasteiger partial charge in [-0.25, -0.2) is 0 Å². The molecule has 0 amide bonds. The van der Waals surface area contributed by atoms with Crippen LogP contribution in [-0.2, 0) is 0 Å². The van der Waals surface area contributed by atoms with Gasteiger partial charge in [0.1, 0.15) is 11.2 Å². The van der Waals surface area contributed by atoms with Crippen LogP contribution in [0.25, 0.3) is 87.6 Å². The molecule has 0 radical (unpaired) electrons. The molecule has 9 aromatic rings. The molecule has 9 rings (SSSR count). The Kier molecular flexibility index (Phi) is 2.70. The van der Waals surface area contributed by atoms with Crippen LogP contribution >= 0.6 is 0 Å². The van der Waals surface area contributed by atoms with E-state index in [2.05, 4.69) is 0 Å². The van der Waals surface area contributed by atoms with Crippen molar-refractivity contribution in [1.82, 2.24) is 0 Å². The molecule has 0 aliphatic heterocycles. The van der Waals surface area contributed by atoms with Crippen LogP contribution in [0.4, 0.5) is 0 Å². The van der Waals surface area contributed by atoms with E-state index in [1.165, 1.54) is 24.3 Å². The second kappa shape index (κ2) is 9.44. The lowest BCUT2D eigenvalue weighted by atomic mass is 9.84. The molecule has 1 heterocycles. The van der Waals surface area contributed by atoms with Gasteiger partial charge in [0.2, 0.25) is 0 Å². The van der Waals surface area contributed by atoms with Crippen LogP contribution in [0.3, 0.4) is 0 Å². The third kappa shape index (κ3) is 3.65. The third-order valence-electron chi connectivity index (χ3n) is 7.66. The predicted molar refractivity (Wildman–Crippen MR) is 183 cm³/mol. The molecule has 1 heteroatoms. The summed E-state index contributed by atoms with van der Waals surface area (Å²) in [6, 6.07) is 3.44.